The highest BCUT2D eigenvalue weighted by atomic mass is 16.5. The molecule has 28 heavy (non-hydrogen) atoms. The first-order chi connectivity index (χ1) is 13.4. The van der Waals surface area contributed by atoms with Crippen LogP contribution in [0.2, 0.25) is 0 Å². The van der Waals surface area contributed by atoms with Crippen LogP contribution in [0.5, 0.6) is 0 Å². The molecule has 1 aliphatic rings. The highest BCUT2D eigenvalue weighted by Gasteiger charge is 2.44. The normalized spacial score (nSPS) is 20.4. The van der Waals surface area contributed by atoms with E-state index in [1.807, 2.05) is 37.3 Å². The fraction of sp³-hybridized carbons (Fsp3) is 0.571. The summed E-state index contributed by atoms with van der Waals surface area (Å²) in [6.07, 6.45) is 2.52. The van der Waals surface area contributed by atoms with E-state index < -0.39 is 17.4 Å². The van der Waals surface area contributed by atoms with Gasteiger partial charge >= 0.3 is 5.97 Å². The number of methoxy groups -OCH3 is 1. The van der Waals surface area contributed by atoms with E-state index in [1.165, 1.54) is 7.11 Å². The molecule has 1 fully saturated rings. The number of carboxylic acids is 1. The number of hydrogen-bond donors (Lipinski definition) is 2. The molecule has 2 unspecified atom stereocenters. The van der Waals surface area contributed by atoms with E-state index in [9.17, 15) is 19.5 Å². The van der Waals surface area contributed by atoms with Crippen molar-refractivity contribution in [3.63, 3.8) is 0 Å². The number of ether oxygens (including phenoxy) is 1. The van der Waals surface area contributed by atoms with Crippen LogP contribution in [0.25, 0.3) is 0 Å². The standard InChI is InChI=1S/C21H30N2O5/c1-3-8-17(22-18(24)13-16-9-5-4-6-10-16)19(25)23-12-7-11-21(14-23,15-28-2)20(26)27/h4-6,9-10,17H,3,7-8,11-15H2,1-2H3,(H,22,24)(H,26,27). The average molecular weight is 390 g/mol. The number of aliphatic carboxylic acids is 1. The number of likely N-dealkylation sites (tertiary alicyclic amines) is 1. The van der Waals surface area contributed by atoms with E-state index >= 15 is 0 Å². The molecule has 0 saturated carbocycles. The van der Waals surface area contributed by atoms with Crippen LogP contribution in [0.4, 0.5) is 0 Å². The van der Waals surface area contributed by atoms with Gasteiger partial charge < -0.3 is 20.1 Å². The van der Waals surface area contributed by atoms with Gasteiger partial charge in [0.15, 0.2) is 0 Å². The van der Waals surface area contributed by atoms with Gasteiger partial charge in [0, 0.05) is 20.2 Å². The number of carbonyl (C=O) groups is 3. The minimum atomic E-state index is -1.09. The molecule has 0 bridgehead atoms. The molecule has 2 rings (SSSR count). The molecule has 1 aromatic rings. The Morgan fingerprint density at radius 1 is 1.29 bits per heavy atom. The van der Waals surface area contributed by atoms with E-state index in [0.29, 0.717) is 25.8 Å². The topological polar surface area (TPSA) is 95.9 Å². The Bertz CT molecular complexity index is 675. The summed E-state index contributed by atoms with van der Waals surface area (Å²) in [6.45, 7) is 2.60. The summed E-state index contributed by atoms with van der Waals surface area (Å²) in [4.78, 5) is 38.9. The summed E-state index contributed by atoms with van der Waals surface area (Å²) in [7, 11) is 1.47. The molecule has 0 radical (unpaired) electrons. The third-order valence-electron chi connectivity index (χ3n) is 5.18. The molecule has 2 amide bonds. The van der Waals surface area contributed by atoms with E-state index in [2.05, 4.69) is 5.32 Å². The predicted molar refractivity (Wildman–Crippen MR) is 105 cm³/mol. The Morgan fingerprint density at radius 3 is 2.61 bits per heavy atom. The molecule has 7 heteroatoms. The highest BCUT2D eigenvalue weighted by Crippen LogP contribution is 2.31. The van der Waals surface area contributed by atoms with Gasteiger partial charge in [0.25, 0.3) is 0 Å². The van der Waals surface area contributed by atoms with Crippen LogP contribution < -0.4 is 5.32 Å². The van der Waals surface area contributed by atoms with Crippen molar-refractivity contribution in [3.8, 4) is 0 Å². The maximum atomic E-state index is 13.1. The first-order valence-electron chi connectivity index (χ1n) is 9.76. The molecular weight excluding hydrogens is 360 g/mol. The SMILES string of the molecule is CCCC(NC(=O)Cc1ccccc1)C(=O)N1CCCC(COC)(C(=O)O)C1. The van der Waals surface area contributed by atoms with Gasteiger partial charge in [0.05, 0.1) is 13.0 Å². The lowest BCUT2D eigenvalue weighted by Gasteiger charge is -2.40. The molecular formula is C21H30N2O5. The van der Waals surface area contributed by atoms with Crippen LogP contribution >= 0.6 is 0 Å². The monoisotopic (exact) mass is 390 g/mol. The number of rotatable bonds is 9. The second-order valence-electron chi connectivity index (χ2n) is 7.45. The number of hydrogen-bond acceptors (Lipinski definition) is 4. The van der Waals surface area contributed by atoms with Crippen molar-refractivity contribution in [1.29, 1.82) is 0 Å². The van der Waals surface area contributed by atoms with Gasteiger partial charge in [0.2, 0.25) is 11.8 Å². The van der Waals surface area contributed by atoms with Crippen LogP contribution in [0.3, 0.4) is 0 Å². The lowest BCUT2D eigenvalue weighted by atomic mass is 9.80. The molecule has 1 saturated heterocycles. The largest absolute Gasteiger partial charge is 0.481 e. The van der Waals surface area contributed by atoms with Gasteiger partial charge in [-0.1, -0.05) is 43.7 Å². The van der Waals surface area contributed by atoms with Crippen LogP contribution in [0.15, 0.2) is 30.3 Å². The van der Waals surface area contributed by atoms with Gasteiger partial charge in [0.1, 0.15) is 11.5 Å². The number of benzene rings is 1. The molecule has 1 heterocycles. The second kappa shape index (κ2) is 10.2. The summed E-state index contributed by atoms with van der Waals surface area (Å²) < 4.78 is 5.12. The van der Waals surface area contributed by atoms with Crippen LogP contribution in [-0.2, 0) is 25.5 Å². The number of carboxylic acid groups (broad SMARTS) is 1. The quantitative estimate of drug-likeness (QED) is 0.671. The smallest absolute Gasteiger partial charge is 0.313 e. The molecule has 1 aromatic carbocycles. The molecule has 1 aliphatic heterocycles. The van der Waals surface area contributed by atoms with E-state index in [0.717, 1.165) is 12.0 Å². The summed E-state index contributed by atoms with van der Waals surface area (Å²) in [6, 6.07) is 8.71. The van der Waals surface area contributed by atoms with Crippen molar-refractivity contribution < 1.29 is 24.2 Å². The minimum absolute atomic E-state index is 0.0604. The maximum Gasteiger partial charge on any atom is 0.313 e. The van der Waals surface area contributed by atoms with Crippen molar-refractivity contribution in [2.45, 2.75) is 45.1 Å². The zero-order valence-electron chi connectivity index (χ0n) is 16.6. The van der Waals surface area contributed by atoms with Crippen LogP contribution in [0, 0.1) is 5.41 Å². The van der Waals surface area contributed by atoms with Crippen molar-refractivity contribution in [1.82, 2.24) is 10.2 Å². The van der Waals surface area contributed by atoms with Crippen molar-refractivity contribution in [3.05, 3.63) is 35.9 Å². The lowest BCUT2D eigenvalue weighted by molar-refractivity contribution is -0.159. The fourth-order valence-electron chi connectivity index (χ4n) is 3.74. The molecule has 2 atom stereocenters. The summed E-state index contributed by atoms with van der Waals surface area (Å²) in [5.74, 6) is -1.38. The Labute approximate surface area is 166 Å². The van der Waals surface area contributed by atoms with E-state index in [4.69, 9.17) is 4.74 Å². The third kappa shape index (κ3) is 5.55. The average Bonchev–Trinajstić information content (AvgIpc) is 2.68. The Balaban J connectivity index is 2.06. The molecule has 0 aliphatic carbocycles. The number of piperidine rings is 1. The Hall–Kier alpha value is -2.41. The first kappa shape index (κ1) is 21.9. The van der Waals surface area contributed by atoms with Gasteiger partial charge in [-0.25, -0.2) is 0 Å². The highest BCUT2D eigenvalue weighted by molar-refractivity contribution is 5.89. The van der Waals surface area contributed by atoms with Crippen molar-refractivity contribution >= 4 is 17.8 Å². The summed E-state index contributed by atoms with van der Waals surface area (Å²) >= 11 is 0. The third-order valence-corrected chi connectivity index (χ3v) is 5.18. The van der Waals surface area contributed by atoms with Crippen LogP contribution in [0.1, 0.15) is 38.2 Å². The molecule has 0 aromatic heterocycles. The zero-order chi connectivity index (χ0) is 20.6. The van der Waals surface area contributed by atoms with Gasteiger partial charge in [-0.3, -0.25) is 14.4 Å². The molecule has 2 N–H and O–H groups in total. The van der Waals surface area contributed by atoms with E-state index in [1.54, 1.807) is 4.90 Å². The fourth-order valence-corrected chi connectivity index (χ4v) is 3.74. The number of amides is 2. The van der Waals surface area contributed by atoms with Crippen molar-refractivity contribution in [2.24, 2.45) is 5.41 Å². The predicted octanol–water partition coefficient (Wildman–Crippen LogP) is 1.85. The Kier molecular flexibility index (Phi) is 7.99. The number of nitrogens with one attached hydrogen (secondary N) is 1. The Morgan fingerprint density at radius 2 is 2.00 bits per heavy atom. The maximum absolute atomic E-state index is 13.1. The lowest BCUT2D eigenvalue weighted by Crippen LogP contribution is -2.56. The molecule has 7 nitrogen and oxygen atoms in total. The van der Waals surface area contributed by atoms with Gasteiger partial charge in [-0.15, -0.1) is 0 Å². The van der Waals surface area contributed by atoms with Gasteiger partial charge in [-0.2, -0.15) is 0 Å². The summed E-state index contributed by atoms with van der Waals surface area (Å²) in [5, 5.41) is 12.5. The first-order valence-corrected chi connectivity index (χ1v) is 9.76. The van der Waals surface area contributed by atoms with E-state index in [-0.39, 0.29) is 31.4 Å². The number of carbonyl (C=O) groups excluding carboxylic acids is 2. The van der Waals surface area contributed by atoms with Crippen LogP contribution in [-0.4, -0.2) is 60.6 Å². The molecule has 154 valence electrons. The van der Waals surface area contributed by atoms with Gasteiger partial charge in [-0.05, 0) is 24.8 Å². The second-order valence-corrected chi connectivity index (χ2v) is 7.45. The van der Waals surface area contributed by atoms with Crippen molar-refractivity contribution in [2.75, 3.05) is 26.8 Å². The minimum Gasteiger partial charge on any atom is -0.481 e. The number of nitrogens with zero attached hydrogens (tertiary/aromatic N) is 1. The zero-order valence-corrected chi connectivity index (χ0v) is 16.6. The summed E-state index contributed by atoms with van der Waals surface area (Å²) in [5.41, 5.74) is -0.210. The molecule has 0 spiro atoms.